The van der Waals surface area contributed by atoms with Gasteiger partial charge in [-0.25, -0.2) is 0 Å². The molecule has 1 aromatic rings. The van der Waals surface area contributed by atoms with Crippen LogP contribution in [0, 0.1) is 0 Å². The highest BCUT2D eigenvalue weighted by molar-refractivity contribution is 5.24. The Hall–Kier alpha value is -0.800. The fourth-order valence-electron chi connectivity index (χ4n) is 3.07. The van der Waals surface area contributed by atoms with E-state index < -0.39 is 0 Å². The Morgan fingerprint density at radius 2 is 2.00 bits per heavy atom. The average Bonchev–Trinajstić information content (AvgIpc) is 2.81. The summed E-state index contributed by atoms with van der Waals surface area (Å²) in [5.74, 6) is 0. The van der Waals surface area contributed by atoms with E-state index in [0.717, 1.165) is 19.6 Å². The van der Waals surface area contributed by atoms with Crippen molar-refractivity contribution in [1.29, 1.82) is 0 Å². The molecule has 1 saturated heterocycles. The summed E-state index contributed by atoms with van der Waals surface area (Å²) in [6, 6.07) is 2.33. The second kappa shape index (κ2) is 5.23. The second-order valence-corrected chi connectivity index (χ2v) is 5.31. The Bertz CT molecular complexity index is 364. The van der Waals surface area contributed by atoms with Gasteiger partial charge in [0.05, 0.1) is 0 Å². The van der Waals surface area contributed by atoms with Crippen LogP contribution in [0.5, 0.6) is 0 Å². The number of aromatic nitrogens is 1. The third-order valence-electron chi connectivity index (χ3n) is 4.14. The monoisotopic (exact) mass is 233 g/mol. The largest absolute Gasteiger partial charge is 0.349 e. The van der Waals surface area contributed by atoms with E-state index in [1.54, 1.807) is 5.56 Å². The van der Waals surface area contributed by atoms with Gasteiger partial charge in [0, 0.05) is 38.1 Å². The molecule has 0 unspecified atom stereocenters. The van der Waals surface area contributed by atoms with Gasteiger partial charge in [-0.1, -0.05) is 6.42 Å². The van der Waals surface area contributed by atoms with Crippen LogP contribution >= 0.6 is 0 Å². The quantitative estimate of drug-likeness (QED) is 0.856. The van der Waals surface area contributed by atoms with Gasteiger partial charge in [-0.05, 0) is 44.0 Å². The smallest absolute Gasteiger partial charge is 0.0362 e. The molecule has 17 heavy (non-hydrogen) atoms. The van der Waals surface area contributed by atoms with Crippen LogP contribution in [0.3, 0.4) is 0 Å². The molecular weight excluding hydrogens is 210 g/mol. The van der Waals surface area contributed by atoms with Crippen LogP contribution in [0.25, 0.3) is 0 Å². The number of piperidine rings is 1. The topological polar surface area (TPSA) is 20.2 Å². The summed E-state index contributed by atoms with van der Waals surface area (Å²) in [6.45, 7) is 7.19. The normalized spacial score (nSPS) is 21.4. The summed E-state index contributed by atoms with van der Waals surface area (Å²) >= 11 is 0. The highest BCUT2D eigenvalue weighted by Gasteiger charge is 2.14. The molecule has 0 bridgehead atoms. The minimum Gasteiger partial charge on any atom is -0.349 e. The van der Waals surface area contributed by atoms with E-state index in [1.807, 2.05) is 0 Å². The van der Waals surface area contributed by atoms with Crippen molar-refractivity contribution in [2.75, 3.05) is 26.2 Å². The van der Waals surface area contributed by atoms with Crippen molar-refractivity contribution in [3.05, 3.63) is 23.5 Å². The fraction of sp³-hybridized carbons (Fsp3) is 0.714. The molecule has 0 spiro atoms. The standard InChI is InChI=1S/C14H23N3/c1-2-7-16(8-3-1)9-4-13-5-10-17-11-6-15-12-14(13)17/h5,10,15H,1-4,6-9,11-12H2. The van der Waals surface area contributed by atoms with E-state index >= 15 is 0 Å². The molecule has 1 aromatic heterocycles. The minimum absolute atomic E-state index is 1.06. The number of hydrogen-bond donors (Lipinski definition) is 1. The summed E-state index contributed by atoms with van der Waals surface area (Å²) in [7, 11) is 0. The number of likely N-dealkylation sites (tertiary alicyclic amines) is 1. The Morgan fingerprint density at radius 1 is 1.12 bits per heavy atom. The van der Waals surface area contributed by atoms with Gasteiger partial charge in [0.2, 0.25) is 0 Å². The molecule has 0 saturated carbocycles. The minimum atomic E-state index is 1.06. The van der Waals surface area contributed by atoms with Crippen molar-refractivity contribution in [1.82, 2.24) is 14.8 Å². The lowest BCUT2D eigenvalue weighted by molar-refractivity contribution is 0.231. The highest BCUT2D eigenvalue weighted by Crippen LogP contribution is 2.16. The second-order valence-electron chi connectivity index (χ2n) is 5.31. The molecule has 3 heteroatoms. The Morgan fingerprint density at radius 3 is 2.88 bits per heavy atom. The van der Waals surface area contributed by atoms with E-state index in [0.29, 0.717) is 0 Å². The molecule has 94 valence electrons. The van der Waals surface area contributed by atoms with E-state index in [1.165, 1.54) is 51.0 Å². The zero-order valence-corrected chi connectivity index (χ0v) is 10.6. The maximum Gasteiger partial charge on any atom is 0.0362 e. The van der Waals surface area contributed by atoms with Crippen molar-refractivity contribution < 1.29 is 0 Å². The zero-order chi connectivity index (χ0) is 11.5. The first-order valence-corrected chi connectivity index (χ1v) is 7.03. The molecule has 2 aliphatic heterocycles. The van der Waals surface area contributed by atoms with Gasteiger partial charge in [0.25, 0.3) is 0 Å². The van der Waals surface area contributed by atoms with Crippen LogP contribution in [0.1, 0.15) is 30.5 Å². The van der Waals surface area contributed by atoms with Crippen LogP contribution in [0.2, 0.25) is 0 Å². The van der Waals surface area contributed by atoms with Crippen LogP contribution in [-0.2, 0) is 19.5 Å². The first-order chi connectivity index (χ1) is 8.43. The number of rotatable bonds is 3. The van der Waals surface area contributed by atoms with Crippen molar-refractivity contribution >= 4 is 0 Å². The molecule has 0 aromatic carbocycles. The average molecular weight is 233 g/mol. The third-order valence-corrected chi connectivity index (χ3v) is 4.14. The van der Waals surface area contributed by atoms with Crippen molar-refractivity contribution in [3.8, 4) is 0 Å². The Labute approximate surface area is 104 Å². The predicted molar refractivity (Wildman–Crippen MR) is 70.1 cm³/mol. The van der Waals surface area contributed by atoms with Crippen LogP contribution in [0.4, 0.5) is 0 Å². The molecule has 0 atom stereocenters. The van der Waals surface area contributed by atoms with Crippen LogP contribution < -0.4 is 5.32 Å². The molecule has 1 N–H and O–H groups in total. The van der Waals surface area contributed by atoms with Gasteiger partial charge < -0.3 is 14.8 Å². The fourth-order valence-corrected chi connectivity index (χ4v) is 3.07. The van der Waals surface area contributed by atoms with E-state index in [9.17, 15) is 0 Å². The van der Waals surface area contributed by atoms with Gasteiger partial charge in [-0.3, -0.25) is 0 Å². The molecule has 3 heterocycles. The van der Waals surface area contributed by atoms with Crippen LogP contribution in [0.15, 0.2) is 12.3 Å². The predicted octanol–water partition coefficient (Wildman–Crippen LogP) is 1.62. The van der Waals surface area contributed by atoms with Crippen LogP contribution in [-0.4, -0.2) is 35.6 Å². The van der Waals surface area contributed by atoms with Gasteiger partial charge in [-0.2, -0.15) is 0 Å². The first-order valence-electron chi connectivity index (χ1n) is 7.03. The highest BCUT2D eigenvalue weighted by atomic mass is 15.1. The first kappa shape index (κ1) is 11.3. The number of fused-ring (bicyclic) bond motifs is 1. The molecule has 1 fully saturated rings. The van der Waals surface area contributed by atoms with Crippen molar-refractivity contribution in [2.24, 2.45) is 0 Å². The lowest BCUT2D eigenvalue weighted by atomic mass is 10.1. The Kier molecular flexibility index (Phi) is 3.48. The molecule has 0 amide bonds. The molecule has 2 aliphatic rings. The third kappa shape index (κ3) is 2.55. The van der Waals surface area contributed by atoms with E-state index in [-0.39, 0.29) is 0 Å². The number of hydrogen-bond acceptors (Lipinski definition) is 2. The molecule has 0 aliphatic carbocycles. The van der Waals surface area contributed by atoms with Gasteiger partial charge >= 0.3 is 0 Å². The van der Waals surface area contributed by atoms with E-state index in [4.69, 9.17) is 0 Å². The van der Waals surface area contributed by atoms with E-state index in [2.05, 4.69) is 27.0 Å². The molecule has 3 rings (SSSR count). The van der Waals surface area contributed by atoms with Gasteiger partial charge in [-0.15, -0.1) is 0 Å². The molecule has 0 radical (unpaired) electrons. The SMILES string of the molecule is c1cn2c(c1CCN1CCCCC1)CNCC2. The number of nitrogens with one attached hydrogen (secondary N) is 1. The summed E-state index contributed by atoms with van der Waals surface area (Å²) < 4.78 is 2.42. The maximum absolute atomic E-state index is 3.47. The summed E-state index contributed by atoms with van der Waals surface area (Å²) in [5.41, 5.74) is 3.08. The van der Waals surface area contributed by atoms with Gasteiger partial charge in [0.15, 0.2) is 0 Å². The summed E-state index contributed by atoms with van der Waals surface area (Å²) in [6.07, 6.45) is 7.72. The lowest BCUT2D eigenvalue weighted by Gasteiger charge is -2.26. The lowest BCUT2D eigenvalue weighted by Crippen LogP contribution is -2.32. The molecular formula is C14H23N3. The summed E-state index contributed by atoms with van der Waals surface area (Å²) in [4.78, 5) is 2.63. The number of nitrogens with zero attached hydrogens (tertiary/aromatic N) is 2. The summed E-state index contributed by atoms with van der Waals surface area (Å²) in [5, 5.41) is 3.47. The molecule has 3 nitrogen and oxygen atoms in total. The maximum atomic E-state index is 3.47. The van der Waals surface area contributed by atoms with Crippen molar-refractivity contribution in [2.45, 2.75) is 38.8 Å². The van der Waals surface area contributed by atoms with Crippen molar-refractivity contribution in [3.63, 3.8) is 0 Å². The van der Waals surface area contributed by atoms with Gasteiger partial charge in [0.1, 0.15) is 0 Å². The zero-order valence-electron chi connectivity index (χ0n) is 10.6. The Balaban J connectivity index is 1.59.